The summed E-state index contributed by atoms with van der Waals surface area (Å²) in [5.41, 5.74) is 0.953. The van der Waals surface area contributed by atoms with Crippen LogP contribution in [0.25, 0.3) is 16.3 Å². The number of thioether (sulfide) groups is 1. The van der Waals surface area contributed by atoms with Crippen molar-refractivity contribution in [3.63, 3.8) is 0 Å². The Hall–Kier alpha value is -4.52. The fourth-order valence-corrected chi connectivity index (χ4v) is 9.52. The van der Waals surface area contributed by atoms with Crippen LogP contribution in [0.2, 0.25) is 0 Å². The number of sulfonamides is 2. The Morgan fingerprint density at radius 2 is 1.67 bits per heavy atom. The summed E-state index contributed by atoms with van der Waals surface area (Å²) in [5, 5.41) is 12.9. The minimum Gasteiger partial charge on any atom is -0.857 e. The van der Waals surface area contributed by atoms with Crippen LogP contribution >= 0.6 is 23.1 Å². The summed E-state index contributed by atoms with van der Waals surface area (Å²) >= 11 is 2.86. The molecule has 18 heteroatoms. The van der Waals surface area contributed by atoms with Crippen molar-refractivity contribution >= 4 is 88.9 Å². The van der Waals surface area contributed by atoms with Crippen LogP contribution in [-0.4, -0.2) is 78.2 Å². The van der Waals surface area contributed by atoms with Crippen molar-refractivity contribution in [2.45, 2.75) is 49.9 Å². The van der Waals surface area contributed by atoms with Gasteiger partial charge in [-0.05, 0) is 62.5 Å². The van der Waals surface area contributed by atoms with Gasteiger partial charge in [0, 0.05) is 22.9 Å². The van der Waals surface area contributed by atoms with E-state index in [0.717, 1.165) is 27.8 Å². The summed E-state index contributed by atoms with van der Waals surface area (Å²) in [7, 11) is -7.69. The van der Waals surface area contributed by atoms with E-state index < -0.39 is 49.2 Å². The average molecular weight is 817 g/mol. The van der Waals surface area contributed by atoms with Crippen LogP contribution in [0.5, 0.6) is 0 Å². The Bertz CT molecular complexity index is 2280. The first-order chi connectivity index (χ1) is 25.5. The fraction of sp³-hybridized carbons (Fsp3) is 0.361. The predicted molar refractivity (Wildman–Crippen MR) is 205 cm³/mol. The molecule has 0 fully saturated rings. The maximum Gasteiger partial charge on any atom is 0.324 e. The number of amides is 1. The molecule has 1 aliphatic carbocycles. The van der Waals surface area contributed by atoms with Crippen molar-refractivity contribution in [1.29, 1.82) is 0 Å². The Kier molecular flexibility index (Phi) is 12.7. The molecular weight excluding hydrogens is 777 g/mol. The van der Waals surface area contributed by atoms with Gasteiger partial charge >= 0.3 is 11.9 Å². The van der Waals surface area contributed by atoms with E-state index in [1.54, 1.807) is 42.7 Å². The summed E-state index contributed by atoms with van der Waals surface area (Å²) in [5.74, 6) is -3.01. The van der Waals surface area contributed by atoms with Gasteiger partial charge in [-0.15, -0.1) is 0 Å². The molecule has 1 amide bonds. The standard InChI is InChI=1S/C36H40N4O10S4/c1-5-49-34(43)36(35(44)50-6-2)20-24(15-17-32-39(22-30(41)37-53(3,45)46)26-11-7-9-13-28(26)51-32)19-25(21-36)16-18-33-40(23-31(42)38-54(4,47)48)27-12-8-10-14-29(27)52-33/h7-17,19,33H,5-6,18,20-23H2,1-4H3,(H-,37,38,41,42)/b17-15+,25-16+. The minimum absolute atomic E-state index is 0.0225. The zero-order valence-electron chi connectivity index (χ0n) is 30.0. The summed E-state index contributed by atoms with van der Waals surface area (Å²) in [6.45, 7) is 2.80. The molecule has 2 aromatic carbocycles. The van der Waals surface area contributed by atoms with E-state index in [4.69, 9.17) is 9.47 Å². The number of nitrogens with zero attached hydrogens (tertiary/aromatic N) is 3. The third-order valence-electron chi connectivity index (χ3n) is 8.33. The van der Waals surface area contributed by atoms with Crippen molar-refractivity contribution in [3.8, 4) is 0 Å². The van der Waals surface area contributed by atoms with Gasteiger partial charge in [-0.3, -0.25) is 19.1 Å². The first kappa shape index (κ1) is 40.7. The van der Waals surface area contributed by atoms with Gasteiger partial charge in [0.2, 0.25) is 25.6 Å². The Morgan fingerprint density at radius 3 is 2.33 bits per heavy atom. The van der Waals surface area contributed by atoms with E-state index in [9.17, 15) is 36.3 Å². The lowest BCUT2D eigenvalue weighted by atomic mass is 9.71. The average Bonchev–Trinajstić information content (AvgIpc) is 3.61. The normalized spacial score (nSPS) is 18.1. The lowest BCUT2D eigenvalue weighted by Crippen LogP contribution is -2.44. The number of benzene rings is 2. The molecule has 0 saturated heterocycles. The van der Waals surface area contributed by atoms with E-state index in [1.807, 2.05) is 58.2 Å². The maximum absolute atomic E-state index is 13.7. The number of thiazole rings is 1. The maximum atomic E-state index is 13.7. The molecule has 1 aromatic heterocycles. The number of esters is 2. The molecule has 1 atom stereocenters. The summed E-state index contributed by atoms with van der Waals surface area (Å²) in [6, 6.07) is 14.8. The van der Waals surface area contributed by atoms with E-state index >= 15 is 0 Å². The molecule has 1 aliphatic heterocycles. The smallest absolute Gasteiger partial charge is 0.324 e. The fourth-order valence-electron chi connectivity index (χ4n) is 6.28. The highest BCUT2D eigenvalue weighted by Crippen LogP contribution is 2.46. The number of hydrogen-bond donors (Lipinski definition) is 1. The number of rotatable bonds is 14. The number of hydrogen-bond acceptors (Lipinski definition) is 13. The molecule has 54 heavy (non-hydrogen) atoms. The van der Waals surface area contributed by atoms with E-state index in [1.165, 1.54) is 23.1 Å². The zero-order chi connectivity index (χ0) is 39.3. The molecule has 0 bridgehead atoms. The molecule has 0 radical (unpaired) electrons. The van der Waals surface area contributed by atoms with Gasteiger partial charge < -0.3 is 19.5 Å². The number of carbonyl (C=O) groups excluding carboxylic acids is 3. The number of nitrogens with one attached hydrogen (secondary N) is 1. The number of allylic oxidation sites excluding steroid dienone is 4. The van der Waals surface area contributed by atoms with Crippen LogP contribution in [0.15, 0.2) is 87.2 Å². The lowest BCUT2D eigenvalue weighted by molar-refractivity contribution is -0.658. The summed E-state index contributed by atoms with van der Waals surface area (Å²) in [6.07, 6.45) is 9.26. The molecule has 2 aliphatic rings. The predicted octanol–water partition coefficient (Wildman–Crippen LogP) is 3.08. The third kappa shape index (κ3) is 9.96. The number of carbonyl (C=O) groups is 3. The molecular formula is C36H40N4O10S4. The highest BCUT2D eigenvalue weighted by atomic mass is 32.2. The number of aromatic nitrogens is 1. The van der Waals surface area contributed by atoms with Gasteiger partial charge in [-0.2, -0.15) is 8.96 Å². The molecule has 1 unspecified atom stereocenters. The highest BCUT2D eigenvalue weighted by Gasteiger charge is 2.51. The van der Waals surface area contributed by atoms with Crippen LogP contribution in [0.3, 0.4) is 0 Å². The Morgan fingerprint density at radius 1 is 1.00 bits per heavy atom. The topological polar surface area (TPSA) is 193 Å². The van der Waals surface area contributed by atoms with Gasteiger partial charge in [-0.25, -0.2) is 16.8 Å². The van der Waals surface area contributed by atoms with Crippen LogP contribution in [-0.2, 0) is 50.4 Å². The van der Waals surface area contributed by atoms with Crippen LogP contribution < -0.4 is 19.3 Å². The van der Waals surface area contributed by atoms with Crippen molar-refractivity contribution in [2.75, 3.05) is 37.2 Å². The number of ether oxygens (including phenoxy) is 2. The van der Waals surface area contributed by atoms with Crippen LogP contribution in [0.1, 0.15) is 38.1 Å². The van der Waals surface area contributed by atoms with Crippen molar-refractivity contribution in [1.82, 2.24) is 4.72 Å². The quantitative estimate of drug-likeness (QED) is 0.0824. The molecule has 14 nitrogen and oxygen atoms in total. The Balaban J connectivity index is 1.54. The molecule has 288 valence electrons. The molecule has 0 spiro atoms. The molecule has 2 heterocycles. The van der Waals surface area contributed by atoms with Crippen molar-refractivity contribution in [2.24, 2.45) is 9.81 Å². The second-order valence-corrected chi connectivity index (χ2v) is 18.3. The molecule has 0 saturated carbocycles. The number of fused-ring (bicyclic) bond motifs is 2. The first-order valence-electron chi connectivity index (χ1n) is 16.8. The summed E-state index contributed by atoms with van der Waals surface area (Å²) in [4.78, 5) is 42.9. The first-order valence-corrected chi connectivity index (χ1v) is 22.3. The van der Waals surface area contributed by atoms with Crippen LogP contribution in [0.4, 0.5) is 5.69 Å². The van der Waals surface area contributed by atoms with Gasteiger partial charge in [0.1, 0.15) is 4.70 Å². The van der Waals surface area contributed by atoms with Crippen molar-refractivity contribution in [3.05, 3.63) is 82.9 Å². The number of para-hydroxylation sites is 2. The van der Waals surface area contributed by atoms with Crippen LogP contribution in [0, 0.1) is 5.41 Å². The van der Waals surface area contributed by atoms with Gasteiger partial charge in [0.05, 0.1) is 43.3 Å². The zero-order valence-corrected chi connectivity index (χ0v) is 33.3. The largest absolute Gasteiger partial charge is 0.857 e. The van der Waals surface area contributed by atoms with E-state index in [2.05, 4.69) is 4.40 Å². The second-order valence-electron chi connectivity index (χ2n) is 12.6. The second kappa shape index (κ2) is 16.9. The monoisotopic (exact) mass is 816 g/mol. The molecule has 1 N–H and O–H groups in total. The van der Waals surface area contributed by atoms with Gasteiger partial charge in [0.25, 0.3) is 10.9 Å². The van der Waals surface area contributed by atoms with E-state index in [0.29, 0.717) is 28.1 Å². The van der Waals surface area contributed by atoms with Gasteiger partial charge in [0.15, 0.2) is 12.0 Å². The lowest BCUT2D eigenvalue weighted by Gasteiger charge is -2.33. The van der Waals surface area contributed by atoms with Crippen molar-refractivity contribution < 1.29 is 50.4 Å². The molecule has 3 aromatic rings. The highest BCUT2D eigenvalue weighted by molar-refractivity contribution is 8.00. The third-order valence-corrected chi connectivity index (χ3v) is 11.9. The number of anilines is 1. The SMILES string of the molecule is CCOC(=O)C1(C(=O)OCC)CC(/C=C/c2sc3ccccc3[n+]2C/C([O-])=N/S(C)(=O)=O)=CC(=C\CC2Sc3ccccc3N2CC(=O)NS(C)(=O)=O)/C1. The minimum atomic E-state index is -3.92. The van der Waals surface area contributed by atoms with E-state index in [-0.39, 0.29) is 44.5 Å². The Labute approximate surface area is 322 Å². The molecule has 5 rings (SSSR count). The summed E-state index contributed by atoms with van der Waals surface area (Å²) < 4.78 is 65.7. The van der Waals surface area contributed by atoms with Gasteiger partial charge in [-0.1, -0.05) is 65.6 Å².